The third-order valence-corrected chi connectivity index (χ3v) is 8.96. The first-order valence-corrected chi connectivity index (χ1v) is 16.5. The molecule has 0 radical (unpaired) electrons. The molecule has 0 bridgehead atoms. The molecular weight excluding hydrogens is 570 g/mol. The van der Waals surface area contributed by atoms with Crippen LogP contribution in [0.3, 0.4) is 0 Å². The van der Waals surface area contributed by atoms with Crippen molar-refractivity contribution in [1.29, 1.82) is 0 Å². The second kappa shape index (κ2) is 14.2. The number of nitrogens with two attached hydrogens (primary N) is 1. The normalized spacial score (nSPS) is 20.6. The maximum atomic E-state index is 12.7. The number of primary amides is 1. The highest BCUT2D eigenvalue weighted by molar-refractivity contribution is 5.96. The first kappa shape index (κ1) is 32.7. The summed E-state index contributed by atoms with van der Waals surface area (Å²) in [4.78, 5) is 43.8. The van der Waals surface area contributed by atoms with E-state index in [-0.39, 0.29) is 17.8 Å². The van der Waals surface area contributed by atoms with Crippen LogP contribution in [-0.4, -0.2) is 114 Å². The van der Waals surface area contributed by atoms with Crippen molar-refractivity contribution in [3.05, 3.63) is 35.7 Å². The predicted octanol–water partition coefficient (Wildman–Crippen LogP) is 3.91. The van der Waals surface area contributed by atoms with Crippen molar-refractivity contribution in [3.63, 3.8) is 0 Å². The molecule has 0 aliphatic carbocycles. The van der Waals surface area contributed by atoms with Crippen LogP contribution >= 0.6 is 0 Å². The van der Waals surface area contributed by atoms with E-state index in [4.69, 9.17) is 15.5 Å². The number of piperazine rings is 1. The molecule has 12 nitrogen and oxygen atoms in total. The maximum Gasteiger partial charge on any atom is 0.410 e. The Morgan fingerprint density at radius 3 is 2.27 bits per heavy atom. The summed E-state index contributed by atoms with van der Waals surface area (Å²) in [6, 6.07) is 8.89. The zero-order valence-electron chi connectivity index (χ0n) is 27.6. The minimum atomic E-state index is -0.639. The van der Waals surface area contributed by atoms with Crippen molar-refractivity contribution in [1.82, 2.24) is 24.7 Å². The fourth-order valence-electron chi connectivity index (χ4n) is 6.44. The van der Waals surface area contributed by atoms with Gasteiger partial charge in [-0.3, -0.25) is 9.69 Å². The summed E-state index contributed by atoms with van der Waals surface area (Å²) in [5, 5.41) is 6.79. The first-order valence-electron chi connectivity index (χ1n) is 16.5. The summed E-state index contributed by atoms with van der Waals surface area (Å²) in [5.41, 5.74) is 7.94. The number of hydrogen-bond donors (Lipinski definition) is 3. The number of likely N-dealkylation sites (N-methyl/N-ethyl adjacent to an activating group) is 1. The summed E-state index contributed by atoms with van der Waals surface area (Å²) >= 11 is 0. The van der Waals surface area contributed by atoms with E-state index < -0.39 is 11.5 Å². The van der Waals surface area contributed by atoms with Crippen LogP contribution in [0.5, 0.6) is 0 Å². The number of carbonyl (C=O) groups is 2. The van der Waals surface area contributed by atoms with Crippen LogP contribution in [0, 0.1) is 0 Å². The minimum absolute atomic E-state index is 0.0298. The van der Waals surface area contributed by atoms with Gasteiger partial charge in [0.25, 0.3) is 5.91 Å². The number of piperidine rings is 2. The molecular formula is C33H51N9O3. The third-order valence-electron chi connectivity index (χ3n) is 8.96. The summed E-state index contributed by atoms with van der Waals surface area (Å²) in [6.07, 6.45) is 4.33. The average Bonchev–Trinajstić information content (AvgIpc) is 3.01. The zero-order valence-corrected chi connectivity index (χ0v) is 27.6. The van der Waals surface area contributed by atoms with Gasteiger partial charge >= 0.3 is 6.09 Å². The first-order chi connectivity index (χ1) is 21.5. The maximum absolute atomic E-state index is 12.7. The molecule has 0 spiro atoms. The molecule has 5 rings (SSSR count). The van der Waals surface area contributed by atoms with Crippen LogP contribution in [0.1, 0.15) is 69.6 Å². The number of aromatic nitrogens is 2. The number of hydrogen-bond acceptors (Lipinski definition) is 10. The Kier molecular flexibility index (Phi) is 10.3. The Labute approximate surface area is 267 Å². The van der Waals surface area contributed by atoms with Gasteiger partial charge in [-0.2, -0.15) is 0 Å². The summed E-state index contributed by atoms with van der Waals surface area (Å²) in [6.45, 7) is 15.4. The van der Waals surface area contributed by atoms with E-state index in [9.17, 15) is 9.59 Å². The molecule has 3 aliphatic rings. The van der Waals surface area contributed by atoms with Crippen molar-refractivity contribution in [2.75, 3.05) is 74.9 Å². The lowest BCUT2D eigenvalue weighted by Gasteiger charge is -2.42. The number of nitrogens with zero attached hydrogens (tertiary/aromatic N) is 6. The third kappa shape index (κ3) is 8.55. The van der Waals surface area contributed by atoms with Crippen LogP contribution in [0.2, 0.25) is 0 Å². The van der Waals surface area contributed by atoms with E-state index in [0.717, 1.165) is 44.7 Å². The van der Waals surface area contributed by atoms with Gasteiger partial charge in [-0.15, -0.1) is 0 Å². The van der Waals surface area contributed by atoms with Gasteiger partial charge in [-0.1, -0.05) is 6.92 Å². The lowest BCUT2D eigenvalue weighted by molar-refractivity contribution is 0.0206. The van der Waals surface area contributed by atoms with Gasteiger partial charge < -0.3 is 35.8 Å². The molecule has 1 atom stereocenters. The number of nitrogens with one attached hydrogen (secondary N) is 2. The van der Waals surface area contributed by atoms with Crippen molar-refractivity contribution in [2.24, 2.45) is 5.73 Å². The number of ether oxygens (including phenoxy) is 1. The number of likely N-dealkylation sites (tertiary alicyclic amines) is 1. The molecule has 3 aliphatic heterocycles. The Hall–Kier alpha value is -3.64. The second-order valence-corrected chi connectivity index (χ2v) is 13.6. The monoisotopic (exact) mass is 621 g/mol. The highest BCUT2D eigenvalue weighted by Crippen LogP contribution is 2.28. The molecule has 12 heteroatoms. The van der Waals surface area contributed by atoms with Crippen LogP contribution in [0.25, 0.3) is 0 Å². The number of anilines is 4. The lowest BCUT2D eigenvalue weighted by Crippen LogP contribution is -2.52. The van der Waals surface area contributed by atoms with Crippen LogP contribution in [0.4, 0.5) is 27.8 Å². The molecule has 3 saturated heterocycles. The molecule has 2 aromatic rings. The Morgan fingerprint density at radius 1 is 0.956 bits per heavy atom. The van der Waals surface area contributed by atoms with E-state index in [1.807, 2.05) is 39.8 Å². The fourth-order valence-corrected chi connectivity index (χ4v) is 6.44. The second-order valence-electron chi connectivity index (χ2n) is 13.6. The SMILES string of the molecule is CCc1nc(C(N)=O)c(Nc2ccc(N3CCC(N4CCN(C)CC4)CC3)cc2)nc1N[C@H]1CCCN(C(=O)OC(C)(C)C)C1. The van der Waals surface area contributed by atoms with Crippen molar-refractivity contribution in [3.8, 4) is 0 Å². The molecule has 3 fully saturated rings. The smallest absolute Gasteiger partial charge is 0.410 e. The van der Waals surface area contributed by atoms with Gasteiger partial charge in [0.1, 0.15) is 5.60 Å². The largest absolute Gasteiger partial charge is 0.444 e. The van der Waals surface area contributed by atoms with Crippen molar-refractivity contribution < 1.29 is 14.3 Å². The number of carbonyl (C=O) groups excluding carboxylic acids is 2. The highest BCUT2D eigenvalue weighted by Gasteiger charge is 2.29. The van der Waals surface area contributed by atoms with Crippen molar-refractivity contribution >= 4 is 35.0 Å². The highest BCUT2D eigenvalue weighted by atomic mass is 16.6. The molecule has 0 saturated carbocycles. The molecule has 1 aromatic heterocycles. The van der Waals surface area contributed by atoms with Gasteiger partial charge in [0.15, 0.2) is 17.3 Å². The minimum Gasteiger partial charge on any atom is -0.444 e. The van der Waals surface area contributed by atoms with Crippen LogP contribution in [0.15, 0.2) is 24.3 Å². The molecule has 45 heavy (non-hydrogen) atoms. The van der Waals surface area contributed by atoms with Gasteiger partial charge in [-0.05, 0) is 84.2 Å². The molecule has 4 N–H and O–H groups in total. The number of aryl methyl sites for hydroxylation is 1. The van der Waals surface area contributed by atoms with E-state index >= 15 is 0 Å². The number of rotatable bonds is 8. The van der Waals surface area contributed by atoms with E-state index in [2.05, 4.69) is 49.5 Å². The standard InChI is InChI=1S/C33H51N9O3/c1-6-27-30(36-24-8-7-15-42(22-24)32(44)45-33(2,3)4)38-31(28(37-27)29(34)43)35-23-9-11-25(12-10-23)40-16-13-26(14-17-40)41-20-18-39(5)19-21-41/h9-12,24,26H,6-8,13-22H2,1-5H3,(H2,34,43)(H2,35,36,38)/t24-/m0/s1. The Bertz CT molecular complexity index is 1310. The van der Waals surface area contributed by atoms with Crippen molar-refractivity contribution in [2.45, 2.75) is 77.5 Å². The molecule has 2 amide bonds. The van der Waals surface area contributed by atoms with Gasteiger partial charge in [0, 0.05) is 75.8 Å². The summed E-state index contributed by atoms with van der Waals surface area (Å²) in [5.74, 6) is 0.253. The quantitative estimate of drug-likeness (QED) is 0.399. The Morgan fingerprint density at radius 2 is 1.64 bits per heavy atom. The molecule has 4 heterocycles. The number of amides is 2. The average molecular weight is 622 g/mol. The van der Waals surface area contributed by atoms with Crippen LogP contribution < -0.4 is 21.3 Å². The van der Waals surface area contributed by atoms with E-state index in [0.29, 0.717) is 42.9 Å². The fraction of sp³-hybridized carbons (Fsp3) is 0.636. The molecule has 246 valence electrons. The topological polar surface area (TPSA) is 132 Å². The summed E-state index contributed by atoms with van der Waals surface area (Å²) < 4.78 is 5.59. The van der Waals surface area contributed by atoms with E-state index in [1.165, 1.54) is 31.6 Å². The number of benzene rings is 1. The van der Waals surface area contributed by atoms with Gasteiger partial charge in [-0.25, -0.2) is 14.8 Å². The van der Waals surface area contributed by atoms with E-state index in [1.54, 1.807) is 4.90 Å². The molecule has 1 aromatic carbocycles. The summed E-state index contributed by atoms with van der Waals surface area (Å²) in [7, 11) is 2.20. The molecule has 0 unspecified atom stereocenters. The zero-order chi connectivity index (χ0) is 32.1. The Balaban J connectivity index is 1.24. The van der Waals surface area contributed by atoms with Gasteiger partial charge in [0.2, 0.25) is 0 Å². The van der Waals surface area contributed by atoms with Crippen LogP contribution in [-0.2, 0) is 11.2 Å². The predicted molar refractivity (Wildman–Crippen MR) is 178 cm³/mol. The van der Waals surface area contributed by atoms with Gasteiger partial charge in [0.05, 0.1) is 5.69 Å². The lowest BCUT2D eigenvalue weighted by atomic mass is 10.0.